The fraction of sp³-hybridized carbons (Fsp3) is 0.308. The monoisotopic (exact) mass is 443 g/mol. The van der Waals surface area contributed by atoms with Gasteiger partial charge in [-0.1, -0.05) is 29.8 Å². The first-order valence-corrected chi connectivity index (χ1v) is 11.4. The molecule has 4 aromatic rings. The van der Waals surface area contributed by atoms with E-state index >= 15 is 0 Å². The van der Waals surface area contributed by atoms with Crippen molar-refractivity contribution < 1.29 is 9.47 Å². The maximum atomic E-state index is 6.29. The molecule has 170 valence electrons. The Bertz CT molecular complexity index is 1210. The van der Waals surface area contributed by atoms with Gasteiger partial charge in [0.2, 0.25) is 0 Å². The normalized spacial score (nSPS) is 15.6. The quantitative estimate of drug-likeness (QED) is 0.409. The lowest BCUT2D eigenvalue weighted by Gasteiger charge is -2.12. The Morgan fingerprint density at radius 2 is 1.85 bits per heavy atom. The molecule has 33 heavy (non-hydrogen) atoms. The van der Waals surface area contributed by atoms with E-state index in [1.807, 2.05) is 47.1 Å². The third-order valence-electron chi connectivity index (χ3n) is 6.01. The van der Waals surface area contributed by atoms with Crippen LogP contribution in [0, 0.1) is 6.92 Å². The molecule has 7 nitrogen and oxygen atoms in total. The van der Waals surface area contributed by atoms with Crippen LogP contribution in [0.3, 0.4) is 0 Å². The summed E-state index contributed by atoms with van der Waals surface area (Å²) in [4.78, 5) is 4.67. The van der Waals surface area contributed by atoms with Gasteiger partial charge in [0, 0.05) is 24.8 Å². The molecule has 7 heteroatoms. The molecule has 1 atom stereocenters. The first-order valence-electron chi connectivity index (χ1n) is 11.4. The minimum Gasteiger partial charge on any atom is -0.497 e. The van der Waals surface area contributed by atoms with Crippen molar-refractivity contribution >= 4 is 16.9 Å². The summed E-state index contributed by atoms with van der Waals surface area (Å²) < 4.78 is 13.5. The molecule has 1 aliphatic rings. The Labute approximate surface area is 193 Å². The number of aryl methyl sites for hydroxylation is 1. The van der Waals surface area contributed by atoms with E-state index in [4.69, 9.17) is 14.6 Å². The number of pyridine rings is 1. The summed E-state index contributed by atoms with van der Waals surface area (Å²) in [5.41, 5.74) is 3.11. The van der Waals surface area contributed by atoms with E-state index in [0.717, 1.165) is 52.8 Å². The molecule has 0 unspecified atom stereocenters. The second-order valence-electron chi connectivity index (χ2n) is 8.45. The maximum Gasteiger partial charge on any atom is 0.164 e. The number of nitrogens with zero attached hydrogens (tertiary/aromatic N) is 3. The lowest BCUT2D eigenvalue weighted by Crippen LogP contribution is -2.29. The zero-order chi connectivity index (χ0) is 22.6. The summed E-state index contributed by atoms with van der Waals surface area (Å²) in [6.07, 6.45) is 4.16. The van der Waals surface area contributed by atoms with Crippen molar-refractivity contribution in [3.05, 3.63) is 71.9 Å². The number of nitrogens with one attached hydrogen (secondary N) is 2. The summed E-state index contributed by atoms with van der Waals surface area (Å²) in [5.74, 6) is 3.16. The second kappa shape index (κ2) is 9.50. The van der Waals surface area contributed by atoms with Gasteiger partial charge >= 0.3 is 0 Å². The van der Waals surface area contributed by atoms with Crippen LogP contribution in [0.1, 0.15) is 24.0 Å². The third kappa shape index (κ3) is 4.78. The van der Waals surface area contributed by atoms with Crippen LogP contribution in [-0.4, -0.2) is 41.0 Å². The van der Waals surface area contributed by atoms with E-state index in [2.05, 4.69) is 34.7 Å². The molecule has 2 aromatic heterocycles. The average Bonchev–Trinajstić information content (AvgIpc) is 3.48. The number of hydrogen-bond acceptors (Lipinski definition) is 6. The fourth-order valence-electron chi connectivity index (χ4n) is 4.18. The van der Waals surface area contributed by atoms with E-state index < -0.39 is 0 Å². The highest BCUT2D eigenvalue weighted by atomic mass is 16.5. The number of fused-ring (bicyclic) bond motifs is 1. The topological polar surface area (TPSA) is 73.2 Å². The Hall–Kier alpha value is -3.58. The van der Waals surface area contributed by atoms with Gasteiger partial charge in [-0.3, -0.25) is 0 Å². The van der Waals surface area contributed by atoms with Crippen molar-refractivity contribution in [1.82, 2.24) is 20.1 Å². The fourth-order valence-corrected chi connectivity index (χ4v) is 4.18. The van der Waals surface area contributed by atoms with Gasteiger partial charge in [-0.2, -0.15) is 5.10 Å². The average molecular weight is 444 g/mol. The number of benzene rings is 2. The van der Waals surface area contributed by atoms with Gasteiger partial charge in [-0.25, -0.2) is 9.67 Å². The van der Waals surface area contributed by atoms with Gasteiger partial charge in [0.25, 0.3) is 0 Å². The summed E-state index contributed by atoms with van der Waals surface area (Å²) in [6, 6.07) is 18.4. The van der Waals surface area contributed by atoms with Gasteiger partial charge in [-0.15, -0.1) is 0 Å². The number of rotatable bonds is 8. The molecule has 2 aromatic carbocycles. The molecule has 2 N–H and O–H groups in total. The van der Waals surface area contributed by atoms with Gasteiger partial charge < -0.3 is 20.1 Å². The Morgan fingerprint density at radius 3 is 2.58 bits per heavy atom. The van der Waals surface area contributed by atoms with Crippen LogP contribution in [0.25, 0.3) is 11.0 Å². The summed E-state index contributed by atoms with van der Waals surface area (Å²) in [7, 11) is 1.67. The predicted octanol–water partition coefficient (Wildman–Crippen LogP) is 4.75. The first kappa shape index (κ1) is 21.3. The van der Waals surface area contributed by atoms with E-state index in [-0.39, 0.29) is 0 Å². The van der Waals surface area contributed by atoms with Crippen molar-refractivity contribution in [2.45, 2.75) is 32.4 Å². The molecule has 0 spiro atoms. The zero-order valence-electron chi connectivity index (χ0n) is 19.0. The third-order valence-corrected chi connectivity index (χ3v) is 6.01. The molecular weight excluding hydrogens is 414 g/mol. The molecule has 1 saturated heterocycles. The first-order chi connectivity index (χ1) is 16.2. The molecule has 5 rings (SSSR count). The number of methoxy groups -OCH3 is 1. The van der Waals surface area contributed by atoms with E-state index in [1.165, 1.54) is 18.4 Å². The summed E-state index contributed by atoms with van der Waals surface area (Å²) >= 11 is 0. The Morgan fingerprint density at radius 1 is 1.06 bits per heavy atom. The zero-order valence-corrected chi connectivity index (χ0v) is 19.0. The van der Waals surface area contributed by atoms with E-state index in [0.29, 0.717) is 12.6 Å². The number of anilines is 1. The SMILES string of the molecule is COc1ccc(Cn2nc(NC[C@@H]3CCCN3)c3c(Oc4ccc(C)cc4)ccnc32)cc1. The minimum absolute atomic E-state index is 0.449. The van der Waals surface area contributed by atoms with Gasteiger partial charge in [0.1, 0.15) is 22.6 Å². The molecular formula is C26H29N5O2. The number of hydrogen-bond donors (Lipinski definition) is 2. The standard InChI is InChI=1S/C26H29N5O2/c1-18-5-9-22(10-6-18)33-23-13-15-28-26-24(23)25(29-16-20-4-3-14-27-20)30-31(26)17-19-7-11-21(32-2)12-8-19/h5-13,15,20,27H,3-4,14,16-17H2,1-2H3,(H,29,30)/t20-/m0/s1. The van der Waals surface area contributed by atoms with Crippen LogP contribution in [-0.2, 0) is 6.54 Å². The molecule has 1 fully saturated rings. The van der Waals surface area contributed by atoms with Crippen LogP contribution in [0.5, 0.6) is 17.2 Å². The summed E-state index contributed by atoms with van der Waals surface area (Å²) in [5, 5.41) is 12.9. The number of aromatic nitrogens is 3. The Balaban J connectivity index is 1.50. The van der Waals surface area contributed by atoms with Crippen LogP contribution < -0.4 is 20.1 Å². The van der Waals surface area contributed by atoms with Crippen molar-refractivity contribution in [3.63, 3.8) is 0 Å². The lowest BCUT2D eigenvalue weighted by molar-refractivity contribution is 0.414. The minimum atomic E-state index is 0.449. The smallest absolute Gasteiger partial charge is 0.164 e. The molecule has 0 amide bonds. The highest BCUT2D eigenvalue weighted by Gasteiger charge is 2.20. The van der Waals surface area contributed by atoms with Gasteiger partial charge in [0.05, 0.1) is 13.7 Å². The van der Waals surface area contributed by atoms with Crippen molar-refractivity contribution in [2.75, 3.05) is 25.5 Å². The van der Waals surface area contributed by atoms with Crippen LogP contribution in [0.2, 0.25) is 0 Å². The van der Waals surface area contributed by atoms with Crippen molar-refractivity contribution in [2.24, 2.45) is 0 Å². The largest absolute Gasteiger partial charge is 0.497 e. The summed E-state index contributed by atoms with van der Waals surface area (Å²) in [6.45, 7) is 4.55. The van der Waals surface area contributed by atoms with E-state index in [1.54, 1.807) is 13.3 Å². The maximum absolute atomic E-state index is 6.29. The second-order valence-corrected chi connectivity index (χ2v) is 8.45. The predicted molar refractivity (Wildman–Crippen MR) is 130 cm³/mol. The molecule has 0 radical (unpaired) electrons. The highest BCUT2D eigenvalue weighted by Crippen LogP contribution is 2.34. The Kier molecular flexibility index (Phi) is 6.13. The van der Waals surface area contributed by atoms with E-state index in [9.17, 15) is 0 Å². The van der Waals surface area contributed by atoms with Crippen LogP contribution in [0.15, 0.2) is 60.8 Å². The molecule has 0 saturated carbocycles. The highest BCUT2D eigenvalue weighted by molar-refractivity contribution is 5.93. The van der Waals surface area contributed by atoms with Crippen molar-refractivity contribution in [3.8, 4) is 17.2 Å². The lowest BCUT2D eigenvalue weighted by atomic mass is 10.2. The molecule has 0 bridgehead atoms. The van der Waals surface area contributed by atoms with Gasteiger partial charge in [-0.05, 0) is 56.1 Å². The molecule has 1 aliphatic heterocycles. The number of ether oxygens (including phenoxy) is 2. The van der Waals surface area contributed by atoms with Crippen LogP contribution in [0.4, 0.5) is 5.82 Å². The van der Waals surface area contributed by atoms with Gasteiger partial charge in [0.15, 0.2) is 11.5 Å². The van der Waals surface area contributed by atoms with Crippen LogP contribution >= 0.6 is 0 Å². The van der Waals surface area contributed by atoms with Crippen molar-refractivity contribution in [1.29, 1.82) is 0 Å². The molecule has 3 heterocycles. The molecule has 0 aliphatic carbocycles.